The molecule has 1 aliphatic rings. The summed E-state index contributed by atoms with van der Waals surface area (Å²) < 4.78 is 6.84. The van der Waals surface area contributed by atoms with Gasteiger partial charge in [0, 0.05) is 40.6 Å². The number of hydrogen-bond donors (Lipinski definition) is 0. The Morgan fingerprint density at radius 2 is 1.97 bits per heavy atom. The third-order valence-corrected chi connectivity index (χ3v) is 6.94. The minimum atomic E-state index is -1.16. The summed E-state index contributed by atoms with van der Waals surface area (Å²) in [7, 11) is 0. The molecular weight excluding hydrogens is 440 g/mol. The summed E-state index contributed by atoms with van der Waals surface area (Å²) in [5, 5.41) is 12.2. The maximum Gasteiger partial charge on any atom is 0.341 e. The lowest BCUT2D eigenvalue weighted by Gasteiger charge is -2.11. The Morgan fingerprint density at radius 3 is 2.76 bits per heavy atom. The van der Waals surface area contributed by atoms with Gasteiger partial charge in [-0.2, -0.15) is 0 Å². The van der Waals surface area contributed by atoms with Gasteiger partial charge in [0.15, 0.2) is 0 Å². The van der Waals surface area contributed by atoms with Crippen molar-refractivity contribution in [1.82, 2.24) is 4.57 Å². The number of carbonyl (C=O) groups excluding carboxylic acids is 3. The number of esters is 1. The molecule has 7 nitrogen and oxygen atoms in total. The van der Waals surface area contributed by atoms with Crippen LogP contribution in [0.15, 0.2) is 35.5 Å². The van der Waals surface area contributed by atoms with Gasteiger partial charge in [-0.1, -0.05) is 18.2 Å². The van der Waals surface area contributed by atoms with Crippen molar-refractivity contribution in [3.05, 3.63) is 52.0 Å². The van der Waals surface area contributed by atoms with E-state index in [-0.39, 0.29) is 31.1 Å². The number of thiophene rings is 1. The molecule has 0 atom stereocenters. The van der Waals surface area contributed by atoms with Crippen LogP contribution >= 0.6 is 11.3 Å². The molecule has 0 bridgehead atoms. The number of aliphatic carboxylic acids is 1. The number of carbonyl (C=O) groups is 3. The average molecular weight is 466 g/mol. The number of aliphatic imine (C=N–C) groups is 1. The number of nitrogens with zero attached hydrogens (tertiary/aromatic N) is 2. The van der Waals surface area contributed by atoms with Crippen LogP contribution in [-0.2, 0) is 22.4 Å². The van der Waals surface area contributed by atoms with Gasteiger partial charge >= 0.3 is 5.97 Å². The van der Waals surface area contributed by atoms with Crippen molar-refractivity contribution in [1.29, 1.82) is 0 Å². The highest BCUT2D eigenvalue weighted by Gasteiger charge is 2.26. The third-order valence-electron chi connectivity index (χ3n) is 5.74. The highest BCUT2D eigenvalue weighted by atomic mass is 32.1. The molecule has 1 aromatic carbocycles. The summed E-state index contributed by atoms with van der Waals surface area (Å²) in [4.78, 5) is 41.9. The third kappa shape index (κ3) is 4.90. The normalized spacial score (nSPS) is 13.4. The van der Waals surface area contributed by atoms with Crippen molar-refractivity contribution < 1.29 is 24.2 Å². The second-order valence-electron chi connectivity index (χ2n) is 7.96. The maximum atomic E-state index is 12.7. The Bertz CT molecular complexity index is 1240. The summed E-state index contributed by atoms with van der Waals surface area (Å²) in [6, 6.07) is 7.49. The topological polar surface area (TPSA) is 101 Å². The molecule has 2 heterocycles. The van der Waals surface area contributed by atoms with E-state index in [1.807, 2.05) is 24.3 Å². The van der Waals surface area contributed by atoms with Crippen LogP contribution in [0.4, 0.5) is 5.00 Å². The quantitative estimate of drug-likeness (QED) is 0.369. The highest BCUT2D eigenvalue weighted by molar-refractivity contribution is 7.16. The fourth-order valence-corrected chi connectivity index (χ4v) is 5.43. The van der Waals surface area contributed by atoms with E-state index in [0.717, 1.165) is 47.7 Å². The van der Waals surface area contributed by atoms with Crippen molar-refractivity contribution >= 4 is 51.3 Å². The fraction of sp³-hybridized carbons (Fsp3) is 0.360. The predicted octanol–water partition coefficient (Wildman–Crippen LogP) is 4.07. The van der Waals surface area contributed by atoms with Crippen molar-refractivity contribution in [2.24, 2.45) is 4.99 Å². The van der Waals surface area contributed by atoms with Gasteiger partial charge in [0.25, 0.3) is 0 Å². The predicted molar refractivity (Wildman–Crippen MR) is 126 cm³/mol. The molecule has 0 radical (unpaired) electrons. The number of para-hydroxylation sites is 1. The first kappa shape index (κ1) is 22.9. The smallest absolute Gasteiger partial charge is 0.341 e. The monoisotopic (exact) mass is 465 g/mol. The van der Waals surface area contributed by atoms with Crippen LogP contribution in [0.5, 0.6) is 0 Å². The summed E-state index contributed by atoms with van der Waals surface area (Å²) in [5.41, 5.74) is 3.10. The SMILES string of the molecule is CCOC(=O)c1c(N=Cc2cn(C(=O)CCCC(=O)[O-])c3ccccc23)sc2c1CCCC2. The van der Waals surface area contributed by atoms with E-state index in [2.05, 4.69) is 4.99 Å². The van der Waals surface area contributed by atoms with Gasteiger partial charge in [-0.15, -0.1) is 11.3 Å². The molecule has 0 amide bonds. The van der Waals surface area contributed by atoms with E-state index >= 15 is 0 Å². The van der Waals surface area contributed by atoms with E-state index in [1.54, 1.807) is 19.3 Å². The number of aromatic nitrogens is 1. The Hall–Kier alpha value is -3.26. The van der Waals surface area contributed by atoms with Crippen molar-refractivity contribution in [3.63, 3.8) is 0 Å². The molecule has 172 valence electrons. The first-order valence-corrected chi connectivity index (χ1v) is 12.0. The van der Waals surface area contributed by atoms with Crippen LogP contribution < -0.4 is 5.11 Å². The van der Waals surface area contributed by atoms with E-state index in [4.69, 9.17) is 4.74 Å². The van der Waals surface area contributed by atoms with Crippen molar-refractivity contribution in [3.8, 4) is 0 Å². The maximum absolute atomic E-state index is 12.7. The summed E-state index contributed by atoms with van der Waals surface area (Å²) >= 11 is 1.53. The van der Waals surface area contributed by atoms with E-state index in [0.29, 0.717) is 17.2 Å². The molecule has 0 unspecified atom stereocenters. The van der Waals surface area contributed by atoms with E-state index in [1.165, 1.54) is 20.8 Å². The standard InChI is InChI=1S/C25H26N2O5S/c1-2-32-25(31)23-18-9-4-6-11-20(18)33-24(23)26-14-16-15-27(19-10-5-3-8-17(16)19)21(28)12-7-13-22(29)30/h3,5,8,10,14-15H,2,4,6-7,9,11-13H2,1H3,(H,29,30)/p-1. The minimum absolute atomic E-state index is 0.105. The molecule has 0 saturated heterocycles. The Balaban J connectivity index is 1.68. The van der Waals surface area contributed by atoms with Crippen LogP contribution in [0.2, 0.25) is 0 Å². The number of hydrogen-bond acceptors (Lipinski definition) is 7. The Morgan fingerprint density at radius 1 is 1.18 bits per heavy atom. The van der Waals surface area contributed by atoms with Crippen LogP contribution in [0.3, 0.4) is 0 Å². The zero-order valence-electron chi connectivity index (χ0n) is 18.5. The number of benzene rings is 1. The highest BCUT2D eigenvalue weighted by Crippen LogP contribution is 2.40. The summed E-state index contributed by atoms with van der Waals surface area (Å²) in [6.07, 6.45) is 7.53. The summed E-state index contributed by atoms with van der Waals surface area (Å²) in [6.45, 7) is 2.10. The van der Waals surface area contributed by atoms with Gasteiger partial charge in [-0.25, -0.2) is 9.79 Å². The number of carboxylic acid groups (broad SMARTS) is 1. The fourth-order valence-electron chi connectivity index (χ4n) is 4.20. The lowest BCUT2D eigenvalue weighted by molar-refractivity contribution is -0.305. The van der Waals surface area contributed by atoms with Crippen LogP contribution in [0.25, 0.3) is 10.9 Å². The molecule has 4 rings (SSSR count). The second kappa shape index (κ2) is 10.1. The number of fused-ring (bicyclic) bond motifs is 2. The molecule has 33 heavy (non-hydrogen) atoms. The van der Waals surface area contributed by atoms with E-state index in [9.17, 15) is 19.5 Å². The molecule has 1 aliphatic carbocycles. The van der Waals surface area contributed by atoms with E-state index < -0.39 is 5.97 Å². The number of aryl methyl sites for hydroxylation is 1. The lowest BCUT2D eigenvalue weighted by Crippen LogP contribution is -2.22. The largest absolute Gasteiger partial charge is 0.550 e. The van der Waals surface area contributed by atoms with Crippen LogP contribution in [0.1, 0.15) is 70.2 Å². The zero-order chi connectivity index (χ0) is 23.4. The molecule has 0 N–H and O–H groups in total. The zero-order valence-corrected chi connectivity index (χ0v) is 19.3. The number of rotatable bonds is 8. The first-order chi connectivity index (χ1) is 16.0. The van der Waals surface area contributed by atoms with Gasteiger partial charge in [-0.05, 0) is 57.1 Å². The first-order valence-electron chi connectivity index (χ1n) is 11.2. The second-order valence-corrected chi connectivity index (χ2v) is 9.04. The van der Waals surface area contributed by atoms with Gasteiger partial charge in [-0.3, -0.25) is 9.36 Å². The number of carboxylic acids is 1. The molecule has 0 saturated carbocycles. The van der Waals surface area contributed by atoms with Crippen LogP contribution in [-0.4, -0.2) is 35.2 Å². The molecule has 2 aromatic heterocycles. The molecule has 0 fully saturated rings. The Labute approximate surface area is 195 Å². The molecule has 0 spiro atoms. The van der Waals surface area contributed by atoms with Gasteiger partial charge in [0.2, 0.25) is 5.91 Å². The molecule has 3 aromatic rings. The lowest BCUT2D eigenvalue weighted by atomic mass is 9.95. The average Bonchev–Trinajstić information content (AvgIpc) is 3.36. The molecular formula is C25H25N2O5S-. The van der Waals surface area contributed by atoms with Gasteiger partial charge in [0.05, 0.1) is 17.7 Å². The summed E-state index contributed by atoms with van der Waals surface area (Å²) in [5.74, 6) is -1.69. The Kier molecular flexibility index (Phi) is 7.03. The van der Waals surface area contributed by atoms with Gasteiger partial charge in [0.1, 0.15) is 5.00 Å². The number of ether oxygens (including phenoxy) is 1. The van der Waals surface area contributed by atoms with Crippen molar-refractivity contribution in [2.75, 3.05) is 6.61 Å². The van der Waals surface area contributed by atoms with Crippen LogP contribution in [0, 0.1) is 0 Å². The van der Waals surface area contributed by atoms with Gasteiger partial charge < -0.3 is 14.6 Å². The molecule has 0 aliphatic heterocycles. The van der Waals surface area contributed by atoms with Crippen molar-refractivity contribution in [2.45, 2.75) is 51.9 Å². The minimum Gasteiger partial charge on any atom is -0.550 e. The molecule has 8 heteroatoms.